The number of carbonyl (C=O) groups excluding carboxylic acids is 2. The second-order valence-corrected chi connectivity index (χ2v) is 7.37. The Morgan fingerprint density at radius 1 is 0.903 bits per heavy atom. The number of methoxy groups -OCH3 is 2. The molecule has 3 aromatic rings. The molecule has 0 bridgehead atoms. The normalized spacial score (nSPS) is 12.3. The van der Waals surface area contributed by atoms with Gasteiger partial charge in [-0.3, -0.25) is 9.59 Å². The minimum absolute atomic E-state index is 0.0455. The fourth-order valence-electron chi connectivity index (χ4n) is 3.82. The van der Waals surface area contributed by atoms with Gasteiger partial charge in [0.15, 0.2) is 0 Å². The number of hydrogen-bond acceptors (Lipinski definition) is 4. The van der Waals surface area contributed by atoms with Crippen LogP contribution in [0.25, 0.3) is 0 Å². The highest BCUT2D eigenvalue weighted by atomic mass is 16.5. The Balaban J connectivity index is 1.49. The van der Waals surface area contributed by atoms with Crippen LogP contribution in [0.2, 0.25) is 0 Å². The SMILES string of the molecule is COc1cc(C(=O)Nc2ccc(C(=O)N3CCc4ccccc43)cc2)cc(OC)c1C. The van der Waals surface area contributed by atoms with Crippen LogP contribution in [0.4, 0.5) is 11.4 Å². The number of nitrogens with one attached hydrogen (secondary N) is 1. The summed E-state index contributed by atoms with van der Waals surface area (Å²) in [6.45, 7) is 2.54. The van der Waals surface area contributed by atoms with E-state index in [2.05, 4.69) is 11.4 Å². The molecule has 1 N–H and O–H groups in total. The maximum absolute atomic E-state index is 12.9. The van der Waals surface area contributed by atoms with Crippen LogP contribution in [0.1, 0.15) is 31.8 Å². The van der Waals surface area contributed by atoms with E-state index in [1.54, 1.807) is 55.5 Å². The highest BCUT2D eigenvalue weighted by molar-refractivity contribution is 6.08. The zero-order valence-electron chi connectivity index (χ0n) is 17.8. The number of carbonyl (C=O) groups is 2. The molecule has 0 aromatic heterocycles. The van der Waals surface area contributed by atoms with Crippen LogP contribution in [0, 0.1) is 6.92 Å². The number of nitrogens with zero attached hydrogens (tertiary/aromatic N) is 1. The highest BCUT2D eigenvalue weighted by Crippen LogP contribution is 2.31. The minimum atomic E-state index is -0.288. The first-order valence-electron chi connectivity index (χ1n) is 10.1. The van der Waals surface area contributed by atoms with E-state index in [1.165, 1.54) is 5.56 Å². The molecule has 0 radical (unpaired) electrons. The van der Waals surface area contributed by atoms with Crippen molar-refractivity contribution in [3.63, 3.8) is 0 Å². The topological polar surface area (TPSA) is 67.9 Å². The number of ether oxygens (including phenoxy) is 2. The smallest absolute Gasteiger partial charge is 0.258 e. The molecular formula is C25H24N2O4. The van der Waals surface area contributed by atoms with Crippen molar-refractivity contribution in [1.29, 1.82) is 0 Å². The van der Waals surface area contributed by atoms with Crippen molar-refractivity contribution in [1.82, 2.24) is 0 Å². The van der Waals surface area contributed by atoms with Crippen molar-refractivity contribution in [2.45, 2.75) is 13.3 Å². The van der Waals surface area contributed by atoms with Gasteiger partial charge in [0.25, 0.3) is 11.8 Å². The van der Waals surface area contributed by atoms with Gasteiger partial charge in [0, 0.05) is 34.6 Å². The lowest BCUT2D eigenvalue weighted by molar-refractivity contribution is 0.0988. The molecule has 4 rings (SSSR count). The van der Waals surface area contributed by atoms with Crippen LogP contribution in [-0.2, 0) is 6.42 Å². The molecule has 0 atom stereocenters. The Morgan fingerprint density at radius 3 is 2.19 bits per heavy atom. The van der Waals surface area contributed by atoms with Crippen LogP contribution in [-0.4, -0.2) is 32.6 Å². The van der Waals surface area contributed by atoms with Crippen LogP contribution in [0.3, 0.4) is 0 Å². The van der Waals surface area contributed by atoms with Crippen molar-refractivity contribution in [2.24, 2.45) is 0 Å². The molecule has 1 aliphatic rings. The third kappa shape index (κ3) is 3.97. The molecule has 0 spiro atoms. The summed E-state index contributed by atoms with van der Waals surface area (Å²) in [5.41, 5.74) is 4.58. The number of rotatable bonds is 5. The maximum Gasteiger partial charge on any atom is 0.258 e. The molecule has 1 aliphatic heterocycles. The number of anilines is 2. The Morgan fingerprint density at radius 2 is 1.55 bits per heavy atom. The first-order valence-corrected chi connectivity index (χ1v) is 10.1. The van der Waals surface area contributed by atoms with E-state index in [1.807, 2.05) is 25.1 Å². The lowest BCUT2D eigenvalue weighted by atomic mass is 10.1. The van der Waals surface area contributed by atoms with Gasteiger partial charge < -0.3 is 19.7 Å². The van der Waals surface area contributed by atoms with Gasteiger partial charge in [-0.25, -0.2) is 0 Å². The number of amides is 2. The van der Waals surface area contributed by atoms with E-state index >= 15 is 0 Å². The summed E-state index contributed by atoms with van der Waals surface area (Å²) in [6.07, 6.45) is 0.861. The molecule has 158 valence electrons. The predicted octanol–water partition coefficient (Wildman–Crippen LogP) is 4.47. The second kappa shape index (κ2) is 8.52. The Labute approximate surface area is 181 Å². The van der Waals surface area contributed by atoms with Gasteiger partial charge in [0.05, 0.1) is 14.2 Å². The summed E-state index contributed by atoms with van der Waals surface area (Å²) >= 11 is 0. The molecule has 31 heavy (non-hydrogen) atoms. The van der Waals surface area contributed by atoms with E-state index < -0.39 is 0 Å². The minimum Gasteiger partial charge on any atom is -0.496 e. The number of para-hydroxylation sites is 1. The summed E-state index contributed by atoms with van der Waals surface area (Å²) in [4.78, 5) is 27.5. The lowest BCUT2D eigenvalue weighted by Gasteiger charge is -2.17. The Hall–Kier alpha value is -3.80. The summed E-state index contributed by atoms with van der Waals surface area (Å²) in [6, 6.07) is 18.2. The van der Waals surface area contributed by atoms with Gasteiger partial charge in [-0.05, 0) is 61.4 Å². The van der Waals surface area contributed by atoms with E-state index in [0.29, 0.717) is 34.9 Å². The van der Waals surface area contributed by atoms with E-state index in [4.69, 9.17) is 9.47 Å². The predicted molar refractivity (Wildman–Crippen MR) is 121 cm³/mol. The van der Waals surface area contributed by atoms with Crippen LogP contribution in [0.5, 0.6) is 11.5 Å². The summed E-state index contributed by atoms with van der Waals surface area (Å²) < 4.78 is 10.7. The number of hydrogen-bond donors (Lipinski definition) is 1. The fraction of sp³-hybridized carbons (Fsp3) is 0.200. The van der Waals surface area contributed by atoms with E-state index in [-0.39, 0.29) is 11.8 Å². The maximum atomic E-state index is 12.9. The van der Waals surface area contributed by atoms with Gasteiger partial charge >= 0.3 is 0 Å². The molecular weight excluding hydrogens is 392 g/mol. The van der Waals surface area contributed by atoms with Gasteiger partial charge in [-0.2, -0.15) is 0 Å². The molecule has 0 unspecified atom stereocenters. The first kappa shape index (κ1) is 20.5. The van der Waals surface area contributed by atoms with Crippen molar-refractivity contribution < 1.29 is 19.1 Å². The van der Waals surface area contributed by atoms with Crippen LogP contribution in [0.15, 0.2) is 60.7 Å². The quantitative estimate of drug-likeness (QED) is 0.667. The molecule has 0 saturated heterocycles. The summed E-state index contributed by atoms with van der Waals surface area (Å²) in [7, 11) is 3.11. The molecule has 3 aromatic carbocycles. The van der Waals surface area contributed by atoms with Crippen molar-refractivity contribution in [3.8, 4) is 11.5 Å². The average molecular weight is 416 g/mol. The molecule has 0 aliphatic carbocycles. The van der Waals surface area contributed by atoms with Gasteiger partial charge in [0.2, 0.25) is 0 Å². The zero-order valence-corrected chi connectivity index (χ0v) is 17.8. The number of benzene rings is 3. The second-order valence-electron chi connectivity index (χ2n) is 7.37. The molecule has 0 saturated carbocycles. The summed E-state index contributed by atoms with van der Waals surface area (Å²) in [5, 5.41) is 2.86. The lowest BCUT2D eigenvalue weighted by Crippen LogP contribution is -2.28. The third-order valence-corrected chi connectivity index (χ3v) is 5.54. The van der Waals surface area contributed by atoms with Gasteiger partial charge in [-0.1, -0.05) is 18.2 Å². The van der Waals surface area contributed by atoms with Crippen LogP contribution < -0.4 is 19.7 Å². The molecule has 0 fully saturated rings. The largest absolute Gasteiger partial charge is 0.496 e. The van der Waals surface area contributed by atoms with Crippen molar-refractivity contribution >= 4 is 23.2 Å². The van der Waals surface area contributed by atoms with Crippen LogP contribution >= 0.6 is 0 Å². The summed E-state index contributed by atoms with van der Waals surface area (Å²) in [5.74, 6) is 0.827. The highest BCUT2D eigenvalue weighted by Gasteiger charge is 2.25. The van der Waals surface area contributed by atoms with Gasteiger partial charge in [0.1, 0.15) is 11.5 Å². The number of fused-ring (bicyclic) bond motifs is 1. The van der Waals surface area contributed by atoms with Crippen molar-refractivity contribution in [2.75, 3.05) is 31.0 Å². The van der Waals surface area contributed by atoms with E-state index in [9.17, 15) is 9.59 Å². The standard InChI is InChI=1S/C25H24N2O4/c1-16-22(30-2)14-19(15-23(16)31-3)24(28)26-20-10-8-18(9-11-20)25(29)27-13-12-17-6-4-5-7-21(17)27/h4-11,14-15H,12-13H2,1-3H3,(H,26,28). The monoisotopic (exact) mass is 416 g/mol. The Kier molecular flexibility index (Phi) is 5.62. The van der Waals surface area contributed by atoms with Gasteiger partial charge in [-0.15, -0.1) is 0 Å². The average Bonchev–Trinajstić information content (AvgIpc) is 3.23. The molecule has 2 amide bonds. The Bertz CT molecular complexity index is 1110. The zero-order chi connectivity index (χ0) is 22.0. The third-order valence-electron chi connectivity index (χ3n) is 5.54. The molecule has 6 heteroatoms. The fourth-order valence-corrected chi connectivity index (χ4v) is 3.82. The first-order chi connectivity index (χ1) is 15.0. The van der Waals surface area contributed by atoms with Crippen molar-refractivity contribution in [3.05, 3.63) is 82.9 Å². The molecule has 6 nitrogen and oxygen atoms in total. The molecule has 1 heterocycles. The van der Waals surface area contributed by atoms with E-state index in [0.717, 1.165) is 17.7 Å².